The summed E-state index contributed by atoms with van der Waals surface area (Å²) in [6.45, 7) is 9.16. The molecule has 0 spiro atoms. The van der Waals surface area contributed by atoms with E-state index in [-0.39, 0.29) is 30.2 Å². The smallest absolute Gasteiger partial charge is 0.274 e. The van der Waals surface area contributed by atoms with Crippen LogP contribution in [0.15, 0.2) is 65.3 Å². The van der Waals surface area contributed by atoms with Crippen molar-refractivity contribution in [3.63, 3.8) is 0 Å². The molecule has 48 heavy (non-hydrogen) atoms. The van der Waals surface area contributed by atoms with Gasteiger partial charge in [0.15, 0.2) is 17.2 Å². The normalized spacial score (nSPS) is 19.6. The molecule has 2 saturated heterocycles. The van der Waals surface area contributed by atoms with Crippen molar-refractivity contribution < 1.29 is 33.2 Å². The summed E-state index contributed by atoms with van der Waals surface area (Å²) < 4.78 is 16.2. The Morgan fingerprint density at radius 3 is 2.21 bits per heavy atom. The van der Waals surface area contributed by atoms with E-state index >= 15 is 0 Å². The molecular weight excluding hydrogens is 616 g/mol. The van der Waals surface area contributed by atoms with Crippen LogP contribution in [0.5, 0.6) is 0 Å². The molecule has 0 radical (unpaired) electrons. The van der Waals surface area contributed by atoms with Gasteiger partial charge in [-0.2, -0.15) is 0 Å². The average molecular weight is 661 g/mol. The van der Waals surface area contributed by atoms with E-state index in [0.717, 1.165) is 18.7 Å². The van der Waals surface area contributed by atoms with Crippen LogP contribution in [0.25, 0.3) is 0 Å². The zero-order chi connectivity index (χ0) is 34.1. The van der Waals surface area contributed by atoms with Gasteiger partial charge in [-0.1, -0.05) is 55.4 Å². The molecule has 13 nitrogen and oxygen atoms in total. The van der Waals surface area contributed by atoms with E-state index in [4.69, 9.17) is 14.0 Å². The summed E-state index contributed by atoms with van der Waals surface area (Å²) in [7, 11) is 0. The standard InChI is InChI=1S/C35H44N6O7/c1-23(2)17-27(31(42)35(3)22-47-35)37-32(43)28(18-24-9-5-4-6-10-24)38-33(44)29(19-25-11-7-8-12-36-25)39-34(45)30-20-26(48-40-30)21-41-13-15-46-16-14-41/h4-12,20,23,27-29H,13-19,21-22H2,1-3H3,(H,37,43)(H,38,44)(H,39,45)/t27-,28-,29-,35+/m0/s1. The molecule has 3 N–H and O–H groups in total. The largest absolute Gasteiger partial charge is 0.379 e. The Kier molecular flexibility index (Phi) is 11.7. The second-order valence-corrected chi connectivity index (χ2v) is 12.9. The number of benzene rings is 1. The highest BCUT2D eigenvalue weighted by molar-refractivity contribution is 5.99. The summed E-state index contributed by atoms with van der Waals surface area (Å²) in [5.74, 6) is -1.27. The van der Waals surface area contributed by atoms with Crippen LogP contribution >= 0.6 is 0 Å². The third-order valence-corrected chi connectivity index (χ3v) is 8.39. The first-order valence-corrected chi connectivity index (χ1v) is 16.4. The molecule has 1 aromatic carbocycles. The van der Waals surface area contributed by atoms with Crippen LogP contribution in [0.2, 0.25) is 0 Å². The highest BCUT2D eigenvalue weighted by atomic mass is 16.6. The molecule has 5 rings (SSSR count). The second kappa shape index (κ2) is 16.1. The van der Waals surface area contributed by atoms with E-state index in [2.05, 4.69) is 31.0 Å². The Labute approximate surface area is 280 Å². The van der Waals surface area contributed by atoms with Crippen LogP contribution in [-0.4, -0.2) is 95.2 Å². The van der Waals surface area contributed by atoms with E-state index in [9.17, 15) is 19.2 Å². The van der Waals surface area contributed by atoms with Crippen molar-refractivity contribution in [2.24, 2.45) is 5.92 Å². The number of amides is 3. The molecule has 2 aliphatic rings. The van der Waals surface area contributed by atoms with Gasteiger partial charge >= 0.3 is 0 Å². The molecular formula is C35H44N6O7. The number of nitrogens with one attached hydrogen (secondary N) is 3. The third kappa shape index (κ3) is 9.78. The van der Waals surface area contributed by atoms with Crippen molar-refractivity contribution in [3.05, 3.63) is 83.5 Å². The van der Waals surface area contributed by atoms with Gasteiger partial charge in [0.05, 0.1) is 32.4 Å². The zero-order valence-corrected chi connectivity index (χ0v) is 27.6. The summed E-state index contributed by atoms with van der Waals surface area (Å²) in [6, 6.07) is 13.2. The number of ether oxygens (including phenoxy) is 2. The Bertz CT molecular complexity index is 1540. The second-order valence-electron chi connectivity index (χ2n) is 12.9. The first-order chi connectivity index (χ1) is 23.1. The number of morpholine rings is 1. The molecule has 13 heteroatoms. The minimum atomic E-state index is -1.11. The van der Waals surface area contributed by atoms with E-state index in [0.29, 0.717) is 44.2 Å². The van der Waals surface area contributed by atoms with Gasteiger partial charge in [0.1, 0.15) is 17.7 Å². The number of nitrogens with zero attached hydrogens (tertiary/aromatic N) is 3. The van der Waals surface area contributed by atoms with Gasteiger partial charge in [-0.05, 0) is 37.0 Å². The Balaban J connectivity index is 1.33. The first kappa shape index (κ1) is 34.9. The number of pyridine rings is 1. The minimum Gasteiger partial charge on any atom is -0.379 e. The number of ketones is 1. The van der Waals surface area contributed by atoms with Crippen LogP contribution < -0.4 is 16.0 Å². The lowest BCUT2D eigenvalue weighted by Crippen LogP contribution is -2.57. The van der Waals surface area contributed by atoms with Crippen LogP contribution in [0.4, 0.5) is 0 Å². The first-order valence-electron chi connectivity index (χ1n) is 16.4. The van der Waals surface area contributed by atoms with Crippen molar-refractivity contribution in [2.75, 3.05) is 32.9 Å². The monoisotopic (exact) mass is 660 g/mol. The lowest BCUT2D eigenvalue weighted by atomic mass is 9.93. The lowest BCUT2D eigenvalue weighted by Gasteiger charge is -2.26. The predicted molar refractivity (Wildman–Crippen MR) is 175 cm³/mol. The van der Waals surface area contributed by atoms with Gasteiger partial charge in [0.2, 0.25) is 11.8 Å². The maximum absolute atomic E-state index is 14.0. The van der Waals surface area contributed by atoms with Gasteiger partial charge in [-0.15, -0.1) is 0 Å². The maximum Gasteiger partial charge on any atom is 0.274 e. The molecule has 3 amide bonds. The molecule has 0 aliphatic carbocycles. The van der Waals surface area contributed by atoms with Crippen LogP contribution in [0.3, 0.4) is 0 Å². The van der Waals surface area contributed by atoms with E-state index in [1.165, 1.54) is 0 Å². The molecule has 4 heterocycles. The Hall–Kier alpha value is -4.46. The molecule has 0 bridgehead atoms. The Morgan fingerprint density at radius 2 is 1.56 bits per heavy atom. The minimum absolute atomic E-state index is 0.0292. The number of hydrogen-bond acceptors (Lipinski definition) is 10. The molecule has 2 aliphatic heterocycles. The maximum atomic E-state index is 14.0. The summed E-state index contributed by atoms with van der Waals surface area (Å²) in [4.78, 5) is 61.0. The number of aromatic nitrogens is 2. The number of carbonyl (C=O) groups is 4. The highest BCUT2D eigenvalue weighted by Crippen LogP contribution is 2.29. The topological polar surface area (TPSA) is 168 Å². The Morgan fingerprint density at radius 1 is 0.896 bits per heavy atom. The summed E-state index contributed by atoms with van der Waals surface area (Å²) >= 11 is 0. The molecule has 0 unspecified atom stereocenters. The molecule has 4 atom stereocenters. The number of Topliss-reactive ketones (excluding diaryl/α,β-unsaturated/α-hetero) is 1. The summed E-state index contributed by atoms with van der Waals surface area (Å²) in [6.07, 6.45) is 2.23. The average Bonchev–Trinajstić information content (AvgIpc) is 3.66. The van der Waals surface area contributed by atoms with Gasteiger partial charge in [-0.3, -0.25) is 29.1 Å². The highest BCUT2D eigenvalue weighted by Gasteiger charge is 2.50. The molecule has 0 saturated carbocycles. The molecule has 2 aromatic heterocycles. The van der Waals surface area contributed by atoms with Gasteiger partial charge in [0, 0.05) is 43.9 Å². The van der Waals surface area contributed by atoms with Crippen LogP contribution in [0.1, 0.15) is 54.7 Å². The summed E-state index contributed by atoms with van der Waals surface area (Å²) in [5.41, 5.74) is 0.478. The summed E-state index contributed by atoms with van der Waals surface area (Å²) in [5, 5.41) is 12.5. The van der Waals surface area contributed by atoms with Gasteiger partial charge < -0.3 is 29.9 Å². The van der Waals surface area contributed by atoms with Crippen molar-refractivity contribution in [1.82, 2.24) is 31.0 Å². The molecule has 256 valence electrons. The van der Waals surface area contributed by atoms with Crippen LogP contribution in [0, 0.1) is 5.92 Å². The SMILES string of the molecule is CC(C)C[C@H](NC(=O)[C@H](Cc1ccccc1)NC(=O)[C@H](Cc1ccccn1)NC(=O)c1cc(CN2CCOCC2)on1)C(=O)[C@@]1(C)CO1. The van der Waals surface area contributed by atoms with Gasteiger partial charge in [-0.25, -0.2) is 0 Å². The number of rotatable bonds is 16. The van der Waals surface area contributed by atoms with Crippen molar-refractivity contribution in [3.8, 4) is 0 Å². The predicted octanol–water partition coefficient (Wildman–Crippen LogP) is 1.86. The van der Waals surface area contributed by atoms with E-state index in [1.54, 1.807) is 37.4 Å². The number of epoxide rings is 1. The van der Waals surface area contributed by atoms with Crippen LogP contribution in [-0.2, 0) is 43.2 Å². The molecule has 3 aromatic rings. The number of hydrogen-bond donors (Lipinski definition) is 3. The van der Waals surface area contributed by atoms with E-state index < -0.39 is 41.4 Å². The quantitative estimate of drug-likeness (QED) is 0.193. The van der Waals surface area contributed by atoms with E-state index in [1.807, 2.05) is 44.2 Å². The zero-order valence-electron chi connectivity index (χ0n) is 27.6. The fraction of sp³-hybridized carbons (Fsp3) is 0.486. The van der Waals surface area contributed by atoms with Crippen molar-refractivity contribution >= 4 is 23.5 Å². The molecule has 2 fully saturated rings. The van der Waals surface area contributed by atoms with Crippen molar-refractivity contribution in [2.45, 2.75) is 70.3 Å². The van der Waals surface area contributed by atoms with Gasteiger partial charge in [0.25, 0.3) is 5.91 Å². The number of carbonyl (C=O) groups excluding carboxylic acids is 4. The lowest BCUT2D eigenvalue weighted by molar-refractivity contribution is -0.133. The van der Waals surface area contributed by atoms with Crippen molar-refractivity contribution in [1.29, 1.82) is 0 Å². The third-order valence-electron chi connectivity index (χ3n) is 8.39. The fourth-order valence-corrected chi connectivity index (χ4v) is 5.57. The fourth-order valence-electron chi connectivity index (χ4n) is 5.57.